The first-order chi connectivity index (χ1) is 11.8. The molecule has 0 spiro atoms. The second-order valence-electron chi connectivity index (χ2n) is 6.22. The maximum Gasteiger partial charge on any atom is 0.311 e. The SMILES string of the molecule is Cc1ccc(O[C@H](C)C(=O)Nc2ccccc2C(C)C)c([N+](=O)[O-])c1. The smallest absolute Gasteiger partial charge is 0.311 e. The molecule has 6 nitrogen and oxygen atoms in total. The number of amides is 1. The Labute approximate surface area is 147 Å². The van der Waals surface area contributed by atoms with Crippen molar-refractivity contribution in [1.82, 2.24) is 0 Å². The molecule has 0 aliphatic carbocycles. The molecule has 1 N–H and O–H groups in total. The highest BCUT2D eigenvalue weighted by Crippen LogP contribution is 2.29. The van der Waals surface area contributed by atoms with Crippen molar-refractivity contribution in [3.63, 3.8) is 0 Å². The summed E-state index contributed by atoms with van der Waals surface area (Å²) in [6, 6.07) is 12.2. The first-order valence-corrected chi connectivity index (χ1v) is 8.11. The van der Waals surface area contributed by atoms with E-state index in [0.717, 1.165) is 16.8 Å². The van der Waals surface area contributed by atoms with Crippen molar-refractivity contribution in [3.05, 3.63) is 63.7 Å². The highest BCUT2D eigenvalue weighted by molar-refractivity contribution is 5.94. The van der Waals surface area contributed by atoms with Crippen LogP contribution in [0.5, 0.6) is 5.75 Å². The van der Waals surface area contributed by atoms with E-state index in [1.807, 2.05) is 38.1 Å². The Morgan fingerprint density at radius 1 is 1.16 bits per heavy atom. The first-order valence-electron chi connectivity index (χ1n) is 8.11. The maximum atomic E-state index is 12.4. The number of nitrogens with zero attached hydrogens (tertiary/aromatic N) is 1. The van der Waals surface area contributed by atoms with Crippen LogP contribution in [0.15, 0.2) is 42.5 Å². The van der Waals surface area contributed by atoms with Crippen molar-refractivity contribution in [2.75, 3.05) is 5.32 Å². The first kappa shape index (κ1) is 18.4. The van der Waals surface area contributed by atoms with Crippen LogP contribution in [0.25, 0.3) is 0 Å². The lowest BCUT2D eigenvalue weighted by molar-refractivity contribution is -0.386. The summed E-state index contributed by atoms with van der Waals surface area (Å²) in [5.41, 5.74) is 2.34. The van der Waals surface area contributed by atoms with Gasteiger partial charge in [0.1, 0.15) is 0 Å². The maximum absolute atomic E-state index is 12.4. The number of carbonyl (C=O) groups is 1. The summed E-state index contributed by atoms with van der Waals surface area (Å²) in [5, 5.41) is 14.0. The Bertz CT molecular complexity index is 787. The average molecular weight is 342 g/mol. The van der Waals surface area contributed by atoms with Gasteiger partial charge in [-0.1, -0.05) is 38.1 Å². The number of carbonyl (C=O) groups excluding carboxylic acids is 1. The molecule has 0 saturated carbocycles. The Kier molecular flexibility index (Phi) is 5.75. The fourth-order valence-corrected chi connectivity index (χ4v) is 2.46. The van der Waals surface area contributed by atoms with E-state index in [1.165, 1.54) is 12.1 Å². The quantitative estimate of drug-likeness (QED) is 0.622. The minimum absolute atomic E-state index is 0.0791. The molecule has 132 valence electrons. The summed E-state index contributed by atoms with van der Waals surface area (Å²) in [5.74, 6) is -0.0238. The molecule has 0 heterocycles. The van der Waals surface area contributed by atoms with Crippen molar-refractivity contribution in [2.24, 2.45) is 0 Å². The number of rotatable bonds is 6. The highest BCUT2D eigenvalue weighted by Gasteiger charge is 2.22. The second-order valence-corrected chi connectivity index (χ2v) is 6.22. The molecule has 0 unspecified atom stereocenters. The zero-order chi connectivity index (χ0) is 18.6. The molecule has 0 radical (unpaired) electrons. The van der Waals surface area contributed by atoms with Crippen molar-refractivity contribution in [3.8, 4) is 5.75 Å². The number of nitrogens with one attached hydrogen (secondary N) is 1. The van der Waals surface area contributed by atoms with E-state index >= 15 is 0 Å². The van der Waals surface area contributed by atoms with Gasteiger partial charge >= 0.3 is 5.69 Å². The van der Waals surface area contributed by atoms with E-state index in [2.05, 4.69) is 5.32 Å². The van der Waals surface area contributed by atoms with Gasteiger partial charge in [-0.2, -0.15) is 0 Å². The van der Waals surface area contributed by atoms with Gasteiger partial charge < -0.3 is 10.1 Å². The molecular formula is C19H22N2O4. The van der Waals surface area contributed by atoms with Gasteiger partial charge in [-0.3, -0.25) is 14.9 Å². The summed E-state index contributed by atoms with van der Waals surface area (Å²) < 4.78 is 5.54. The predicted molar refractivity (Wildman–Crippen MR) is 97.1 cm³/mol. The van der Waals surface area contributed by atoms with Crippen LogP contribution in [0, 0.1) is 17.0 Å². The normalized spacial score (nSPS) is 11.9. The van der Waals surface area contributed by atoms with Crippen LogP contribution in [0.3, 0.4) is 0 Å². The van der Waals surface area contributed by atoms with Crippen molar-refractivity contribution >= 4 is 17.3 Å². The Morgan fingerprint density at radius 2 is 1.84 bits per heavy atom. The molecule has 1 amide bonds. The zero-order valence-corrected chi connectivity index (χ0v) is 14.8. The fourth-order valence-electron chi connectivity index (χ4n) is 2.46. The van der Waals surface area contributed by atoms with Gasteiger partial charge in [-0.25, -0.2) is 0 Å². The van der Waals surface area contributed by atoms with Crippen LogP contribution in [0.4, 0.5) is 11.4 Å². The van der Waals surface area contributed by atoms with Crippen LogP contribution >= 0.6 is 0 Å². The summed E-state index contributed by atoms with van der Waals surface area (Å²) in [4.78, 5) is 23.1. The van der Waals surface area contributed by atoms with Crippen molar-refractivity contribution in [2.45, 2.75) is 39.7 Å². The molecule has 2 aromatic rings. The summed E-state index contributed by atoms with van der Waals surface area (Å²) in [7, 11) is 0. The third kappa shape index (κ3) is 4.56. The van der Waals surface area contributed by atoms with Gasteiger partial charge in [-0.05, 0) is 43.0 Å². The van der Waals surface area contributed by atoms with Crippen LogP contribution in [-0.4, -0.2) is 16.9 Å². The van der Waals surface area contributed by atoms with Crippen LogP contribution < -0.4 is 10.1 Å². The lowest BCUT2D eigenvalue weighted by atomic mass is 10.0. The highest BCUT2D eigenvalue weighted by atomic mass is 16.6. The van der Waals surface area contributed by atoms with Crippen LogP contribution in [-0.2, 0) is 4.79 Å². The summed E-state index contributed by atoms with van der Waals surface area (Å²) in [6.45, 7) is 7.41. The lowest BCUT2D eigenvalue weighted by Crippen LogP contribution is -2.30. The number of hydrogen-bond acceptors (Lipinski definition) is 4. The van der Waals surface area contributed by atoms with Gasteiger partial charge in [0, 0.05) is 11.8 Å². The van der Waals surface area contributed by atoms with Gasteiger partial charge in [0.15, 0.2) is 11.9 Å². The summed E-state index contributed by atoms with van der Waals surface area (Å²) >= 11 is 0. The van der Waals surface area contributed by atoms with E-state index in [-0.39, 0.29) is 23.3 Å². The second kappa shape index (κ2) is 7.79. The number of aryl methyl sites for hydroxylation is 1. The van der Waals surface area contributed by atoms with E-state index in [0.29, 0.717) is 0 Å². The monoisotopic (exact) mass is 342 g/mol. The Morgan fingerprint density at radius 3 is 2.48 bits per heavy atom. The van der Waals surface area contributed by atoms with E-state index in [9.17, 15) is 14.9 Å². The molecule has 1 atom stereocenters. The van der Waals surface area contributed by atoms with Crippen LogP contribution in [0.1, 0.15) is 37.8 Å². The average Bonchev–Trinajstić information content (AvgIpc) is 2.56. The standard InChI is InChI=1S/C19H22N2O4/c1-12(2)15-7-5-6-8-16(15)20-19(22)14(4)25-18-10-9-13(3)11-17(18)21(23)24/h5-12,14H,1-4H3,(H,20,22)/t14-/m1/s1. The van der Waals surface area contributed by atoms with E-state index < -0.39 is 11.0 Å². The number of para-hydroxylation sites is 1. The Hall–Kier alpha value is -2.89. The lowest BCUT2D eigenvalue weighted by Gasteiger charge is -2.17. The minimum Gasteiger partial charge on any atom is -0.474 e. The minimum atomic E-state index is -0.873. The largest absolute Gasteiger partial charge is 0.474 e. The van der Waals surface area contributed by atoms with Crippen LogP contribution in [0.2, 0.25) is 0 Å². The number of nitro benzene ring substituents is 1. The zero-order valence-electron chi connectivity index (χ0n) is 14.8. The van der Waals surface area contributed by atoms with E-state index in [4.69, 9.17) is 4.74 Å². The van der Waals surface area contributed by atoms with Gasteiger partial charge in [0.2, 0.25) is 0 Å². The molecular weight excluding hydrogens is 320 g/mol. The van der Waals surface area contributed by atoms with Gasteiger partial charge in [-0.15, -0.1) is 0 Å². The molecule has 0 fully saturated rings. The van der Waals surface area contributed by atoms with E-state index in [1.54, 1.807) is 19.9 Å². The molecule has 0 aromatic heterocycles. The molecule has 0 saturated heterocycles. The number of hydrogen-bond donors (Lipinski definition) is 1. The predicted octanol–water partition coefficient (Wildman–Crippen LogP) is 4.43. The number of benzene rings is 2. The van der Waals surface area contributed by atoms with Gasteiger partial charge in [0.25, 0.3) is 5.91 Å². The molecule has 2 rings (SSSR count). The van der Waals surface area contributed by atoms with Crippen molar-refractivity contribution < 1.29 is 14.5 Å². The topological polar surface area (TPSA) is 81.5 Å². The number of ether oxygens (including phenoxy) is 1. The molecule has 2 aromatic carbocycles. The summed E-state index contributed by atoms with van der Waals surface area (Å²) in [6.07, 6.45) is -0.873. The number of anilines is 1. The van der Waals surface area contributed by atoms with Crippen molar-refractivity contribution in [1.29, 1.82) is 0 Å². The Balaban J connectivity index is 2.16. The third-order valence-electron chi connectivity index (χ3n) is 3.82. The molecule has 0 bridgehead atoms. The molecule has 25 heavy (non-hydrogen) atoms. The number of nitro groups is 1. The fraction of sp³-hybridized carbons (Fsp3) is 0.316. The van der Waals surface area contributed by atoms with Gasteiger partial charge in [0.05, 0.1) is 4.92 Å². The third-order valence-corrected chi connectivity index (χ3v) is 3.82. The molecule has 6 heteroatoms. The molecule has 0 aliphatic heterocycles. The molecule has 0 aliphatic rings.